The molecule has 2 heterocycles. The molecule has 0 amide bonds. The number of hydrogen-bond donors (Lipinski definition) is 0. The van der Waals surface area contributed by atoms with Gasteiger partial charge >= 0.3 is 6.18 Å². The van der Waals surface area contributed by atoms with Gasteiger partial charge in [0.05, 0.1) is 23.0 Å². The third-order valence-corrected chi connectivity index (χ3v) is 3.72. The Balaban J connectivity index is 1.98. The molecule has 130 valence electrons. The zero-order chi connectivity index (χ0) is 18.7. The number of rotatable bonds is 4. The van der Waals surface area contributed by atoms with Crippen LogP contribution < -0.4 is 0 Å². The Morgan fingerprint density at radius 1 is 1.15 bits per heavy atom. The van der Waals surface area contributed by atoms with Crippen molar-refractivity contribution >= 4 is 5.78 Å². The predicted molar refractivity (Wildman–Crippen MR) is 85.5 cm³/mol. The highest BCUT2D eigenvalue weighted by Crippen LogP contribution is 2.30. The van der Waals surface area contributed by atoms with E-state index in [0.29, 0.717) is 11.9 Å². The summed E-state index contributed by atoms with van der Waals surface area (Å²) in [4.78, 5) is 16.5. The highest BCUT2D eigenvalue weighted by Gasteiger charge is 2.32. The van der Waals surface area contributed by atoms with Crippen LogP contribution >= 0.6 is 0 Å². The third-order valence-electron chi connectivity index (χ3n) is 3.72. The van der Waals surface area contributed by atoms with E-state index in [2.05, 4.69) is 10.1 Å². The highest BCUT2D eigenvalue weighted by atomic mass is 19.4. The molecule has 0 fully saturated rings. The summed E-state index contributed by atoms with van der Waals surface area (Å²) in [6.07, 6.45) is -0.735. The van der Waals surface area contributed by atoms with Crippen LogP contribution in [0.25, 0.3) is 5.69 Å². The summed E-state index contributed by atoms with van der Waals surface area (Å²) in [7, 11) is 0. The van der Waals surface area contributed by atoms with Crippen molar-refractivity contribution in [3.63, 3.8) is 0 Å². The van der Waals surface area contributed by atoms with E-state index in [0.717, 1.165) is 12.1 Å². The molecule has 1 aromatic carbocycles. The van der Waals surface area contributed by atoms with Gasteiger partial charge in [0.15, 0.2) is 11.7 Å². The number of halogens is 3. The van der Waals surface area contributed by atoms with E-state index < -0.39 is 23.4 Å². The van der Waals surface area contributed by atoms with E-state index in [-0.39, 0.29) is 11.3 Å². The lowest BCUT2D eigenvalue weighted by atomic mass is 9.94. The number of nitriles is 1. The lowest BCUT2D eigenvalue weighted by Gasteiger charge is -2.13. The molecule has 3 aromatic rings. The number of Topliss-reactive ketones (excluding diaryl/α,β-unsaturated/α-hetero) is 1. The Morgan fingerprint density at radius 3 is 2.50 bits per heavy atom. The fraction of sp³-hybridized carbons (Fsp3) is 0.111. The van der Waals surface area contributed by atoms with E-state index in [9.17, 15) is 23.2 Å². The molecule has 0 radical (unpaired) electrons. The smallest absolute Gasteiger partial charge is 0.292 e. The molecule has 0 aliphatic heterocycles. The minimum absolute atomic E-state index is 0.0410. The number of hydrogen-bond acceptors (Lipinski definition) is 4. The van der Waals surface area contributed by atoms with Crippen LogP contribution in [0.2, 0.25) is 0 Å². The van der Waals surface area contributed by atoms with Crippen LogP contribution in [0.3, 0.4) is 0 Å². The van der Waals surface area contributed by atoms with Crippen molar-refractivity contribution in [1.29, 1.82) is 5.26 Å². The number of nitrogens with zero attached hydrogens (tertiary/aromatic N) is 4. The number of benzene rings is 1. The molecule has 0 N–H and O–H groups in total. The van der Waals surface area contributed by atoms with Gasteiger partial charge in [0.25, 0.3) is 0 Å². The lowest BCUT2D eigenvalue weighted by molar-refractivity contribution is -0.137. The average Bonchev–Trinajstić information content (AvgIpc) is 3.16. The summed E-state index contributed by atoms with van der Waals surface area (Å²) in [6, 6.07) is 11.9. The minimum Gasteiger partial charge on any atom is -0.292 e. The van der Waals surface area contributed by atoms with Gasteiger partial charge in [-0.1, -0.05) is 12.1 Å². The van der Waals surface area contributed by atoms with E-state index in [1.165, 1.54) is 10.7 Å². The fourth-order valence-corrected chi connectivity index (χ4v) is 2.45. The Hall–Kier alpha value is -3.47. The second kappa shape index (κ2) is 6.80. The van der Waals surface area contributed by atoms with Gasteiger partial charge in [0.1, 0.15) is 0 Å². The van der Waals surface area contributed by atoms with Crippen LogP contribution in [-0.4, -0.2) is 20.5 Å². The van der Waals surface area contributed by atoms with Crippen molar-refractivity contribution in [2.75, 3.05) is 0 Å². The summed E-state index contributed by atoms with van der Waals surface area (Å²) < 4.78 is 39.4. The SMILES string of the molecule is N#CC(C(=O)c1ccccc1-n1cccn1)c1ccc(C(F)(F)F)cn1. The molecule has 1 atom stereocenters. The number of para-hydroxylation sites is 1. The number of pyridine rings is 1. The van der Waals surface area contributed by atoms with Gasteiger partial charge in [-0.2, -0.15) is 23.5 Å². The molecule has 0 spiro atoms. The van der Waals surface area contributed by atoms with Crippen LogP contribution in [0.5, 0.6) is 0 Å². The molecule has 8 heteroatoms. The van der Waals surface area contributed by atoms with Crippen molar-refractivity contribution in [2.45, 2.75) is 12.1 Å². The average molecular weight is 356 g/mol. The third kappa shape index (κ3) is 3.32. The molecular weight excluding hydrogens is 345 g/mol. The first-order valence-corrected chi connectivity index (χ1v) is 7.48. The van der Waals surface area contributed by atoms with Crippen molar-refractivity contribution in [2.24, 2.45) is 0 Å². The quantitative estimate of drug-likeness (QED) is 0.667. The Kier molecular flexibility index (Phi) is 4.54. The number of aromatic nitrogens is 3. The van der Waals surface area contributed by atoms with Crippen LogP contribution in [0.1, 0.15) is 27.5 Å². The molecule has 1 unspecified atom stereocenters. The van der Waals surface area contributed by atoms with Crippen molar-refractivity contribution < 1.29 is 18.0 Å². The Morgan fingerprint density at radius 2 is 1.92 bits per heavy atom. The number of ketones is 1. The van der Waals surface area contributed by atoms with Crippen molar-refractivity contribution in [3.8, 4) is 11.8 Å². The van der Waals surface area contributed by atoms with Gasteiger partial charge in [0, 0.05) is 24.2 Å². The maximum atomic E-state index is 12.8. The fourth-order valence-electron chi connectivity index (χ4n) is 2.45. The van der Waals surface area contributed by atoms with Gasteiger partial charge in [-0.15, -0.1) is 0 Å². The van der Waals surface area contributed by atoms with Gasteiger partial charge in [0.2, 0.25) is 0 Å². The van der Waals surface area contributed by atoms with Crippen molar-refractivity contribution in [1.82, 2.24) is 14.8 Å². The topological polar surface area (TPSA) is 71.6 Å². The number of carbonyl (C=O) groups is 1. The molecule has 0 bridgehead atoms. The molecular formula is C18H11F3N4O. The second-order valence-electron chi connectivity index (χ2n) is 5.36. The van der Waals surface area contributed by atoms with Crippen LogP contribution in [0.15, 0.2) is 61.1 Å². The Labute approximate surface area is 146 Å². The largest absolute Gasteiger partial charge is 0.417 e. The van der Waals surface area contributed by atoms with E-state index >= 15 is 0 Å². The van der Waals surface area contributed by atoms with Crippen molar-refractivity contribution in [3.05, 3.63) is 77.9 Å². The zero-order valence-corrected chi connectivity index (χ0v) is 13.2. The zero-order valence-electron chi connectivity index (χ0n) is 13.2. The normalized spacial score (nSPS) is 12.4. The van der Waals surface area contributed by atoms with E-state index in [4.69, 9.17) is 0 Å². The summed E-state index contributed by atoms with van der Waals surface area (Å²) >= 11 is 0. The first kappa shape index (κ1) is 17.4. The molecule has 0 saturated carbocycles. The molecule has 3 rings (SSSR count). The lowest BCUT2D eigenvalue weighted by Crippen LogP contribution is -2.16. The summed E-state index contributed by atoms with van der Waals surface area (Å²) in [6.45, 7) is 0. The maximum Gasteiger partial charge on any atom is 0.417 e. The van der Waals surface area contributed by atoms with Gasteiger partial charge < -0.3 is 0 Å². The predicted octanol–water partition coefficient (Wildman–Crippen LogP) is 3.78. The van der Waals surface area contributed by atoms with Crippen LogP contribution in [0, 0.1) is 11.3 Å². The second-order valence-corrected chi connectivity index (χ2v) is 5.36. The van der Waals surface area contributed by atoms with Gasteiger partial charge in [-0.3, -0.25) is 9.78 Å². The monoisotopic (exact) mass is 356 g/mol. The Bertz CT molecular complexity index is 957. The minimum atomic E-state index is -4.54. The molecule has 0 aliphatic carbocycles. The molecule has 0 aliphatic rings. The van der Waals surface area contributed by atoms with Crippen LogP contribution in [0.4, 0.5) is 13.2 Å². The first-order valence-electron chi connectivity index (χ1n) is 7.48. The highest BCUT2D eigenvalue weighted by molar-refractivity contribution is 6.05. The number of alkyl halides is 3. The van der Waals surface area contributed by atoms with E-state index in [1.807, 2.05) is 6.07 Å². The first-order chi connectivity index (χ1) is 12.4. The summed E-state index contributed by atoms with van der Waals surface area (Å²) in [5, 5.41) is 13.5. The standard InChI is InChI=1S/C18H11F3N4O/c19-18(20,21)12-6-7-15(23-11-12)14(10-22)17(26)13-4-1-2-5-16(13)25-9-3-8-24-25/h1-9,11,14H. The molecule has 0 saturated heterocycles. The number of carbonyl (C=O) groups excluding carboxylic acids is 1. The maximum absolute atomic E-state index is 12.8. The summed E-state index contributed by atoms with van der Waals surface area (Å²) in [5.74, 6) is -1.89. The molecule has 2 aromatic heterocycles. The molecule has 5 nitrogen and oxygen atoms in total. The summed E-state index contributed by atoms with van der Waals surface area (Å²) in [5.41, 5.74) is -0.290. The van der Waals surface area contributed by atoms with Crippen LogP contribution in [-0.2, 0) is 6.18 Å². The van der Waals surface area contributed by atoms with Gasteiger partial charge in [-0.05, 0) is 30.3 Å². The van der Waals surface area contributed by atoms with E-state index in [1.54, 1.807) is 36.7 Å². The van der Waals surface area contributed by atoms with Gasteiger partial charge in [-0.25, -0.2) is 4.68 Å². The molecule has 26 heavy (non-hydrogen) atoms.